The number of nitrogens with one attached hydrogen (secondary N) is 1. The lowest BCUT2D eigenvalue weighted by atomic mass is 10.2. The van der Waals surface area contributed by atoms with Gasteiger partial charge in [0.2, 0.25) is 0 Å². The van der Waals surface area contributed by atoms with Crippen LogP contribution in [0.3, 0.4) is 0 Å². The van der Waals surface area contributed by atoms with E-state index < -0.39 is 5.82 Å². The molecule has 2 amide bonds. The van der Waals surface area contributed by atoms with Crippen LogP contribution < -0.4 is 5.32 Å². The smallest absolute Gasteiger partial charge is 0.264 e. The molecular weight excluding hydrogens is 341 g/mol. The fourth-order valence-corrected chi connectivity index (χ4v) is 3.48. The molecule has 0 radical (unpaired) electrons. The van der Waals surface area contributed by atoms with Crippen molar-refractivity contribution in [3.8, 4) is 0 Å². The predicted molar refractivity (Wildman–Crippen MR) is 95.4 cm³/mol. The highest BCUT2D eigenvalue weighted by atomic mass is 32.1. The zero-order valence-electron chi connectivity index (χ0n) is 13.8. The summed E-state index contributed by atoms with van der Waals surface area (Å²) in [7, 11) is 0. The molecule has 0 atom stereocenters. The minimum absolute atomic E-state index is 0.0917. The van der Waals surface area contributed by atoms with E-state index in [1.165, 1.54) is 29.5 Å². The first kappa shape index (κ1) is 17.6. The molecule has 0 saturated carbocycles. The number of piperazine rings is 1. The zero-order valence-corrected chi connectivity index (χ0v) is 14.6. The molecule has 3 rings (SSSR count). The van der Waals surface area contributed by atoms with Gasteiger partial charge in [-0.05, 0) is 29.6 Å². The second-order valence-electron chi connectivity index (χ2n) is 5.88. The number of rotatable bonds is 5. The number of nitrogens with zero attached hydrogens (tertiary/aromatic N) is 2. The first-order valence-electron chi connectivity index (χ1n) is 8.22. The molecular formula is C18H20FN3O2S. The Morgan fingerprint density at radius 3 is 2.60 bits per heavy atom. The van der Waals surface area contributed by atoms with E-state index in [-0.39, 0.29) is 11.8 Å². The minimum Gasteiger partial charge on any atom is -0.351 e. The van der Waals surface area contributed by atoms with Crippen LogP contribution in [0.1, 0.15) is 20.0 Å². The van der Waals surface area contributed by atoms with Gasteiger partial charge in [0, 0.05) is 44.8 Å². The van der Waals surface area contributed by atoms with Crippen LogP contribution in [0.15, 0.2) is 41.8 Å². The van der Waals surface area contributed by atoms with Gasteiger partial charge in [-0.15, -0.1) is 11.3 Å². The van der Waals surface area contributed by atoms with Crippen molar-refractivity contribution < 1.29 is 14.0 Å². The molecule has 0 unspecified atom stereocenters. The summed E-state index contributed by atoms with van der Waals surface area (Å²) in [6, 6.07) is 9.39. The van der Waals surface area contributed by atoms with Gasteiger partial charge >= 0.3 is 0 Å². The minimum atomic E-state index is -0.417. The lowest BCUT2D eigenvalue weighted by Crippen LogP contribution is -2.50. The van der Waals surface area contributed by atoms with Crippen LogP contribution in [0.25, 0.3) is 0 Å². The lowest BCUT2D eigenvalue weighted by molar-refractivity contribution is 0.0642. The Hall–Kier alpha value is -2.25. The van der Waals surface area contributed by atoms with Crippen molar-refractivity contribution in [3.63, 3.8) is 0 Å². The Morgan fingerprint density at radius 1 is 1.12 bits per heavy atom. The van der Waals surface area contributed by atoms with Crippen molar-refractivity contribution in [2.24, 2.45) is 0 Å². The molecule has 1 aliphatic heterocycles. The molecule has 0 aliphatic carbocycles. The van der Waals surface area contributed by atoms with Crippen molar-refractivity contribution in [1.82, 2.24) is 15.1 Å². The Kier molecular flexibility index (Phi) is 5.78. The van der Waals surface area contributed by atoms with Crippen LogP contribution in [0, 0.1) is 5.82 Å². The first-order chi connectivity index (χ1) is 12.1. The summed E-state index contributed by atoms with van der Waals surface area (Å²) in [6.07, 6.45) is 0. The fraction of sp³-hybridized carbons (Fsp3) is 0.333. The van der Waals surface area contributed by atoms with E-state index in [1.807, 2.05) is 22.4 Å². The summed E-state index contributed by atoms with van der Waals surface area (Å²) < 4.78 is 13.1. The van der Waals surface area contributed by atoms with Crippen molar-refractivity contribution in [2.45, 2.75) is 0 Å². The number of benzene rings is 1. The van der Waals surface area contributed by atoms with Crippen LogP contribution >= 0.6 is 11.3 Å². The van der Waals surface area contributed by atoms with Crippen LogP contribution in [0.4, 0.5) is 4.39 Å². The third kappa shape index (κ3) is 4.64. The van der Waals surface area contributed by atoms with Crippen molar-refractivity contribution >= 4 is 23.2 Å². The van der Waals surface area contributed by atoms with Crippen molar-refractivity contribution in [1.29, 1.82) is 0 Å². The van der Waals surface area contributed by atoms with E-state index in [1.54, 1.807) is 6.07 Å². The molecule has 132 valence electrons. The van der Waals surface area contributed by atoms with Gasteiger partial charge in [0.15, 0.2) is 0 Å². The predicted octanol–water partition coefficient (Wildman–Crippen LogP) is 2.08. The van der Waals surface area contributed by atoms with Crippen molar-refractivity contribution in [3.05, 3.63) is 58.0 Å². The Labute approximate surface area is 150 Å². The summed E-state index contributed by atoms with van der Waals surface area (Å²) in [5.74, 6) is -0.598. The molecule has 7 heteroatoms. The highest BCUT2D eigenvalue weighted by Crippen LogP contribution is 2.13. The molecule has 1 fully saturated rings. The SMILES string of the molecule is O=C(NCCN1CCN(C(=O)c2cccs2)CC1)c1cccc(F)c1. The standard InChI is InChI=1S/C18H20FN3O2S/c19-15-4-1-3-14(13-15)17(23)20-6-7-21-8-10-22(11-9-21)18(24)16-5-2-12-25-16/h1-5,12-13H,6-11H2,(H,20,23). The van der Waals surface area contributed by atoms with Crippen LogP contribution in [-0.2, 0) is 0 Å². The number of thiophene rings is 1. The number of hydrogen-bond donors (Lipinski definition) is 1. The topological polar surface area (TPSA) is 52.7 Å². The molecule has 1 N–H and O–H groups in total. The second kappa shape index (κ2) is 8.22. The summed E-state index contributed by atoms with van der Waals surface area (Å²) >= 11 is 1.46. The summed E-state index contributed by atoms with van der Waals surface area (Å²) in [5, 5.41) is 4.71. The van der Waals surface area contributed by atoms with Gasteiger partial charge < -0.3 is 10.2 Å². The highest BCUT2D eigenvalue weighted by molar-refractivity contribution is 7.12. The van der Waals surface area contributed by atoms with Gasteiger partial charge in [0.05, 0.1) is 4.88 Å². The van der Waals surface area contributed by atoms with Gasteiger partial charge in [-0.2, -0.15) is 0 Å². The highest BCUT2D eigenvalue weighted by Gasteiger charge is 2.22. The van der Waals surface area contributed by atoms with E-state index in [0.717, 1.165) is 18.0 Å². The van der Waals surface area contributed by atoms with E-state index in [4.69, 9.17) is 0 Å². The van der Waals surface area contributed by atoms with E-state index >= 15 is 0 Å². The van der Waals surface area contributed by atoms with Crippen LogP contribution in [-0.4, -0.2) is 60.9 Å². The van der Waals surface area contributed by atoms with Crippen LogP contribution in [0.5, 0.6) is 0 Å². The second-order valence-corrected chi connectivity index (χ2v) is 6.83. The molecule has 1 aromatic heterocycles. The monoisotopic (exact) mass is 361 g/mol. The number of carbonyl (C=O) groups is 2. The summed E-state index contributed by atoms with van der Waals surface area (Å²) in [6.45, 7) is 4.15. The molecule has 5 nitrogen and oxygen atoms in total. The maximum absolute atomic E-state index is 13.1. The molecule has 1 saturated heterocycles. The Morgan fingerprint density at radius 2 is 1.92 bits per heavy atom. The van der Waals surface area contributed by atoms with E-state index in [2.05, 4.69) is 10.2 Å². The molecule has 25 heavy (non-hydrogen) atoms. The molecule has 1 aliphatic rings. The van der Waals surface area contributed by atoms with Gasteiger partial charge in [-0.1, -0.05) is 12.1 Å². The van der Waals surface area contributed by atoms with E-state index in [0.29, 0.717) is 31.7 Å². The van der Waals surface area contributed by atoms with E-state index in [9.17, 15) is 14.0 Å². The first-order valence-corrected chi connectivity index (χ1v) is 9.10. The normalized spacial score (nSPS) is 15.2. The number of carbonyl (C=O) groups excluding carboxylic acids is 2. The number of amides is 2. The summed E-state index contributed by atoms with van der Waals surface area (Å²) in [4.78, 5) is 29.1. The average molecular weight is 361 g/mol. The summed E-state index contributed by atoms with van der Waals surface area (Å²) in [5.41, 5.74) is 0.325. The zero-order chi connectivity index (χ0) is 17.6. The largest absolute Gasteiger partial charge is 0.351 e. The molecule has 0 spiro atoms. The number of halogens is 1. The van der Waals surface area contributed by atoms with Gasteiger partial charge in [-0.25, -0.2) is 4.39 Å². The fourth-order valence-electron chi connectivity index (χ4n) is 2.79. The maximum Gasteiger partial charge on any atom is 0.264 e. The Bertz CT molecular complexity index is 728. The maximum atomic E-state index is 13.1. The lowest BCUT2D eigenvalue weighted by Gasteiger charge is -2.34. The number of hydrogen-bond acceptors (Lipinski definition) is 4. The third-order valence-electron chi connectivity index (χ3n) is 4.19. The Balaban J connectivity index is 1.39. The molecule has 2 aromatic rings. The molecule has 0 bridgehead atoms. The van der Waals surface area contributed by atoms with Crippen LogP contribution in [0.2, 0.25) is 0 Å². The third-order valence-corrected chi connectivity index (χ3v) is 5.05. The molecule has 1 aromatic carbocycles. The molecule has 2 heterocycles. The van der Waals surface area contributed by atoms with Gasteiger partial charge in [-0.3, -0.25) is 14.5 Å². The quantitative estimate of drug-likeness (QED) is 0.887. The van der Waals surface area contributed by atoms with Gasteiger partial charge in [0.25, 0.3) is 11.8 Å². The van der Waals surface area contributed by atoms with Gasteiger partial charge in [0.1, 0.15) is 5.82 Å². The van der Waals surface area contributed by atoms with Crippen molar-refractivity contribution in [2.75, 3.05) is 39.3 Å². The average Bonchev–Trinajstić information content (AvgIpc) is 3.16.